The summed E-state index contributed by atoms with van der Waals surface area (Å²) >= 11 is 1.39. The average Bonchev–Trinajstić information content (AvgIpc) is 2.34. The molecule has 6 heteroatoms. The zero-order chi connectivity index (χ0) is 12.8. The van der Waals surface area contributed by atoms with Crippen molar-refractivity contribution in [1.29, 1.82) is 0 Å². The first-order chi connectivity index (χ1) is 8.12. The molecule has 17 heavy (non-hydrogen) atoms. The molecule has 0 N–H and O–H groups in total. The standard InChI is InChI=1S/C11H14N2O3S/c1-7(14)5-6-8-9(15-2)12-11(17-4)13-10(8)16-3/h5-6H,1-4H3. The third-order valence-corrected chi connectivity index (χ3v) is 2.46. The molecule has 0 amide bonds. The lowest BCUT2D eigenvalue weighted by Crippen LogP contribution is -2.00. The minimum absolute atomic E-state index is 0.0666. The Bertz CT molecular complexity index is 421. The minimum Gasteiger partial charge on any atom is -0.480 e. The van der Waals surface area contributed by atoms with E-state index in [2.05, 4.69) is 9.97 Å². The van der Waals surface area contributed by atoms with Gasteiger partial charge in [-0.15, -0.1) is 0 Å². The van der Waals surface area contributed by atoms with Crippen LogP contribution >= 0.6 is 11.8 Å². The Balaban J connectivity index is 3.29. The number of hydrogen-bond donors (Lipinski definition) is 0. The van der Waals surface area contributed by atoms with Crippen LogP contribution in [0, 0.1) is 0 Å². The quantitative estimate of drug-likeness (QED) is 0.454. The molecule has 0 spiro atoms. The van der Waals surface area contributed by atoms with E-state index < -0.39 is 0 Å². The summed E-state index contributed by atoms with van der Waals surface area (Å²) in [6.45, 7) is 1.46. The first-order valence-corrected chi connectivity index (χ1v) is 6.07. The van der Waals surface area contributed by atoms with Gasteiger partial charge in [0, 0.05) is 0 Å². The molecule has 92 valence electrons. The molecule has 0 bridgehead atoms. The van der Waals surface area contributed by atoms with E-state index in [4.69, 9.17) is 9.47 Å². The summed E-state index contributed by atoms with van der Waals surface area (Å²) < 4.78 is 10.3. The van der Waals surface area contributed by atoms with E-state index in [9.17, 15) is 4.79 Å². The number of nitrogens with zero attached hydrogens (tertiary/aromatic N) is 2. The van der Waals surface area contributed by atoms with Crippen LogP contribution in [0.2, 0.25) is 0 Å². The van der Waals surface area contributed by atoms with Crippen molar-refractivity contribution in [2.45, 2.75) is 12.1 Å². The molecule has 0 radical (unpaired) electrons. The Hall–Kier alpha value is -1.56. The lowest BCUT2D eigenvalue weighted by molar-refractivity contribution is -0.112. The Morgan fingerprint density at radius 1 is 1.24 bits per heavy atom. The van der Waals surface area contributed by atoms with Crippen LogP contribution in [0.15, 0.2) is 11.2 Å². The number of hydrogen-bond acceptors (Lipinski definition) is 6. The van der Waals surface area contributed by atoms with Crippen molar-refractivity contribution in [2.24, 2.45) is 0 Å². The van der Waals surface area contributed by atoms with Gasteiger partial charge >= 0.3 is 0 Å². The first kappa shape index (κ1) is 13.5. The number of carbonyl (C=O) groups excluding carboxylic acids is 1. The third-order valence-electron chi connectivity index (χ3n) is 1.91. The summed E-state index contributed by atoms with van der Waals surface area (Å²) in [5, 5.41) is 0.554. The van der Waals surface area contributed by atoms with Crippen molar-refractivity contribution in [1.82, 2.24) is 9.97 Å². The summed E-state index contributed by atoms with van der Waals surface area (Å²) in [7, 11) is 3.02. The third kappa shape index (κ3) is 3.45. The zero-order valence-corrected chi connectivity index (χ0v) is 11.0. The van der Waals surface area contributed by atoms with E-state index in [1.165, 1.54) is 39.0 Å². The van der Waals surface area contributed by atoms with E-state index in [1.54, 1.807) is 6.08 Å². The Labute approximate surface area is 104 Å². The Morgan fingerprint density at radius 2 is 1.76 bits per heavy atom. The lowest BCUT2D eigenvalue weighted by Gasteiger charge is -2.09. The molecule has 1 rings (SSSR count). The summed E-state index contributed by atoms with van der Waals surface area (Å²) in [5.74, 6) is 0.709. The molecule has 0 aromatic carbocycles. The van der Waals surface area contributed by atoms with Gasteiger partial charge in [-0.1, -0.05) is 11.8 Å². The van der Waals surface area contributed by atoms with Crippen LogP contribution in [-0.2, 0) is 4.79 Å². The maximum atomic E-state index is 10.9. The molecule has 0 fully saturated rings. The zero-order valence-electron chi connectivity index (χ0n) is 10.2. The van der Waals surface area contributed by atoms with Crippen LogP contribution in [0.25, 0.3) is 6.08 Å². The number of methoxy groups -OCH3 is 2. The monoisotopic (exact) mass is 254 g/mol. The van der Waals surface area contributed by atoms with Crippen LogP contribution < -0.4 is 9.47 Å². The predicted octanol–water partition coefficient (Wildman–Crippen LogP) is 1.82. The second-order valence-corrected chi connectivity index (χ2v) is 3.86. The number of carbonyl (C=O) groups is 1. The number of ketones is 1. The molecular formula is C11H14N2O3S. The van der Waals surface area contributed by atoms with Gasteiger partial charge in [0.2, 0.25) is 11.8 Å². The van der Waals surface area contributed by atoms with Crippen LogP contribution in [0.5, 0.6) is 11.8 Å². The fourth-order valence-electron chi connectivity index (χ4n) is 1.16. The van der Waals surface area contributed by atoms with Gasteiger partial charge in [-0.05, 0) is 25.3 Å². The van der Waals surface area contributed by atoms with Crippen molar-refractivity contribution in [3.8, 4) is 11.8 Å². The molecule has 0 aliphatic carbocycles. The van der Waals surface area contributed by atoms with E-state index in [0.717, 1.165) is 0 Å². The lowest BCUT2D eigenvalue weighted by atomic mass is 10.2. The van der Waals surface area contributed by atoms with Crippen LogP contribution in [0.3, 0.4) is 0 Å². The molecule has 0 aliphatic heterocycles. The number of aromatic nitrogens is 2. The van der Waals surface area contributed by atoms with Crippen LogP contribution in [-0.4, -0.2) is 36.2 Å². The van der Waals surface area contributed by atoms with E-state index in [-0.39, 0.29) is 5.78 Å². The molecule has 5 nitrogen and oxygen atoms in total. The van der Waals surface area contributed by atoms with Gasteiger partial charge in [0.05, 0.1) is 19.8 Å². The van der Waals surface area contributed by atoms with Crippen molar-refractivity contribution in [2.75, 3.05) is 20.5 Å². The second-order valence-electron chi connectivity index (χ2n) is 3.09. The van der Waals surface area contributed by atoms with E-state index in [1.807, 2.05) is 6.26 Å². The summed E-state index contributed by atoms with van der Waals surface area (Å²) in [6, 6.07) is 0. The van der Waals surface area contributed by atoms with Gasteiger partial charge < -0.3 is 9.47 Å². The molecule has 0 aliphatic rings. The van der Waals surface area contributed by atoms with Gasteiger partial charge in [0.1, 0.15) is 0 Å². The fraction of sp³-hybridized carbons (Fsp3) is 0.364. The number of rotatable bonds is 5. The summed E-state index contributed by atoms with van der Waals surface area (Å²) in [4.78, 5) is 19.3. The highest BCUT2D eigenvalue weighted by atomic mass is 32.2. The Morgan fingerprint density at radius 3 is 2.12 bits per heavy atom. The van der Waals surface area contributed by atoms with E-state index >= 15 is 0 Å². The molecule has 0 unspecified atom stereocenters. The molecular weight excluding hydrogens is 240 g/mol. The largest absolute Gasteiger partial charge is 0.480 e. The molecule has 0 saturated heterocycles. The van der Waals surface area contributed by atoms with Gasteiger partial charge in [-0.3, -0.25) is 4.79 Å². The van der Waals surface area contributed by atoms with Gasteiger partial charge in [-0.25, -0.2) is 0 Å². The molecule has 0 atom stereocenters. The number of allylic oxidation sites excluding steroid dienone is 1. The highest BCUT2D eigenvalue weighted by Gasteiger charge is 2.13. The number of thioether (sulfide) groups is 1. The highest BCUT2D eigenvalue weighted by molar-refractivity contribution is 7.98. The predicted molar refractivity (Wildman–Crippen MR) is 66.6 cm³/mol. The van der Waals surface area contributed by atoms with Crippen molar-refractivity contribution >= 4 is 23.6 Å². The van der Waals surface area contributed by atoms with Crippen molar-refractivity contribution in [3.63, 3.8) is 0 Å². The maximum absolute atomic E-state index is 10.9. The van der Waals surface area contributed by atoms with Crippen LogP contribution in [0.4, 0.5) is 0 Å². The molecule has 1 heterocycles. The minimum atomic E-state index is -0.0666. The van der Waals surface area contributed by atoms with Gasteiger partial charge in [-0.2, -0.15) is 9.97 Å². The molecule has 1 aromatic rings. The molecule has 1 aromatic heterocycles. The molecule has 0 saturated carbocycles. The maximum Gasteiger partial charge on any atom is 0.228 e. The van der Waals surface area contributed by atoms with Crippen molar-refractivity contribution < 1.29 is 14.3 Å². The first-order valence-electron chi connectivity index (χ1n) is 4.85. The van der Waals surface area contributed by atoms with Gasteiger partial charge in [0.15, 0.2) is 10.9 Å². The summed E-state index contributed by atoms with van der Waals surface area (Å²) in [5.41, 5.74) is 0.558. The topological polar surface area (TPSA) is 61.3 Å². The van der Waals surface area contributed by atoms with E-state index in [0.29, 0.717) is 22.5 Å². The average molecular weight is 254 g/mol. The second kappa shape index (κ2) is 6.24. The summed E-state index contributed by atoms with van der Waals surface area (Å²) in [6.07, 6.45) is 4.87. The number of ether oxygens (including phenoxy) is 2. The highest BCUT2D eigenvalue weighted by Crippen LogP contribution is 2.28. The Kier molecular flexibility index (Phi) is 4.96. The van der Waals surface area contributed by atoms with Gasteiger partial charge in [0.25, 0.3) is 0 Å². The fourth-order valence-corrected chi connectivity index (χ4v) is 1.50. The van der Waals surface area contributed by atoms with Crippen LogP contribution in [0.1, 0.15) is 12.5 Å². The smallest absolute Gasteiger partial charge is 0.228 e. The normalized spacial score (nSPS) is 10.6. The van der Waals surface area contributed by atoms with Crippen molar-refractivity contribution in [3.05, 3.63) is 11.6 Å². The SMILES string of the molecule is COc1nc(SC)nc(OC)c1C=CC(C)=O.